The normalized spacial score (nSPS) is 15.6. The van der Waals surface area contributed by atoms with Crippen LogP contribution in [-0.2, 0) is 4.79 Å². The largest absolute Gasteiger partial charge is 0.341 e. The molecule has 1 aromatic heterocycles. The van der Waals surface area contributed by atoms with E-state index in [2.05, 4.69) is 15.6 Å². The summed E-state index contributed by atoms with van der Waals surface area (Å²) in [5, 5.41) is 5.76. The number of hydrogen-bond acceptors (Lipinski definition) is 3. The molecule has 3 aromatic rings. The van der Waals surface area contributed by atoms with E-state index >= 15 is 0 Å². The Kier molecular flexibility index (Phi) is 6.57. The minimum absolute atomic E-state index is 0.0404. The Balaban J connectivity index is 1.40. The van der Waals surface area contributed by atoms with Gasteiger partial charge in [0.2, 0.25) is 5.91 Å². The van der Waals surface area contributed by atoms with Crippen LogP contribution in [0.4, 0.5) is 19.3 Å². The van der Waals surface area contributed by atoms with E-state index in [-0.39, 0.29) is 23.9 Å². The number of nitrogens with zero attached hydrogens (tertiary/aromatic N) is 3. The summed E-state index contributed by atoms with van der Waals surface area (Å²) in [4.78, 5) is 31.6. The summed E-state index contributed by atoms with van der Waals surface area (Å²) in [6.07, 6.45) is 2.72. The van der Waals surface area contributed by atoms with Crippen molar-refractivity contribution in [2.24, 2.45) is 5.92 Å². The van der Waals surface area contributed by atoms with Crippen molar-refractivity contribution >= 4 is 28.7 Å². The maximum Gasteiger partial charge on any atom is 0.319 e. The van der Waals surface area contributed by atoms with Crippen molar-refractivity contribution in [2.75, 3.05) is 18.4 Å². The SMILES string of the molecule is CC(C)C(C(=O)N1CCC(NC(=O)Nc2ccccc2)CC1)n1cnc2cc(F)c(F)cc21. The third kappa shape index (κ3) is 4.97. The molecule has 0 aliphatic carbocycles. The Morgan fingerprint density at radius 2 is 1.73 bits per heavy atom. The van der Waals surface area contributed by atoms with Crippen LogP contribution in [0.3, 0.4) is 0 Å². The highest BCUT2D eigenvalue weighted by Crippen LogP contribution is 2.28. The maximum absolute atomic E-state index is 13.9. The van der Waals surface area contributed by atoms with E-state index in [4.69, 9.17) is 0 Å². The average molecular weight is 456 g/mol. The number of rotatable bonds is 5. The molecule has 0 saturated carbocycles. The average Bonchev–Trinajstić information content (AvgIpc) is 3.17. The summed E-state index contributed by atoms with van der Waals surface area (Å²) in [5.41, 5.74) is 1.40. The first-order valence-electron chi connectivity index (χ1n) is 11.1. The molecule has 174 valence electrons. The lowest BCUT2D eigenvalue weighted by Crippen LogP contribution is -2.49. The van der Waals surface area contributed by atoms with Gasteiger partial charge in [-0.1, -0.05) is 32.0 Å². The van der Waals surface area contributed by atoms with Gasteiger partial charge in [0.05, 0.1) is 17.4 Å². The molecule has 1 saturated heterocycles. The third-order valence-corrected chi connectivity index (χ3v) is 5.97. The van der Waals surface area contributed by atoms with Gasteiger partial charge in [0.15, 0.2) is 11.6 Å². The number of imidazole rings is 1. The summed E-state index contributed by atoms with van der Waals surface area (Å²) in [5.74, 6) is -2.12. The molecule has 0 spiro atoms. The number of hydrogen-bond donors (Lipinski definition) is 2. The van der Waals surface area contributed by atoms with E-state index in [1.807, 2.05) is 44.2 Å². The Morgan fingerprint density at radius 3 is 2.39 bits per heavy atom. The van der Waals surface area contributed by atoms with Crippen molar-refractivity contribution in [3.63, 3.8) is 0 Å². The van der Waals surface area contributed by atoms with Crippen molar-refractivity contribution in [1.82, 2.24) is 19.8 Å². The van der Waals surface area contributed by atoms with Gasteiger partial charge in [-0.15, -0.1) is 0 Å². The number of likely N-dealkylation sites (tertiary alicyclic amines) is 1. The standard InChI is InChI=1S/C24H27F2N5O2/c1-15(2)22(31-14-27-20-12-18(25)19(26)13-21(20)31)23(32)30-10-8-17(9-11-30)29-24(33)28-16-6-4-3-5-7-16/h3-7,12-15,17,22H,8-11H2,1-2H3,(H2,28,29,33). The lowest BCUT2D eigenvalue weighted by atomic mass is 9.99. The minimum Gasteiger partial charge on any atom is -0.341 e. The number of para-hydroxylation sites is 1. The number of nitrogens with one attached hydrogen (secondary N) is 2. The summed E-state index contributed by atoms with van der Waals surface area (Å²) < 4.78 is 29.1. The molecule has 1 aliphatic rings. The van der Waals surface area contributed by atoms with Crippen molar-refractivity contribution in [3.05, 3.63) is 60.4 Å². The van der Waals surface area contributed by atoms with E-state index in [1.54, 1.807) is 9.47 Å². The van der Waals surface area contributed by atoms with Crippen LogP contribution < -0.4 is 10.6 Å². The van der Waals surface area contributed by atoms with E-state index < -0.39 is 17.7 Å². The van der Waals surface area contributed by atoms with Crippen LogP contribution in [0, 0.1) is 17.6 Å². The summed E-state index contributed by atoms with van der Waals surface area (Å²) in [6, 6.07) is 10.4. The number of piperidine rings is 1. The van der Waals surface area contributed by atoms with Crippen LogP contribution in [0.25, 0.3) is 11.0 Å². The first kappa shape index (κ1) is 22.7. The summed E-state index contributed by atoms with van der Waals surface area (Å²) >= 11 is 0. The van der Waals surface area contributed by atoms with Crippen LogP contribution in [-0.4, -0.2) is 45.5 Å². The molecule has 0 radical (unpaired) electrons. The number of carbonyl (C=O) groups is 2. The Morgan fingerprint density at radius 1 is 1.06 bits per heavy atom. The van der Waals surface area contributed by atoms with Gasteiger partial charge in [0.25, 0.3) is 0 Å². The predicted octanol–water partition coefficient (Wildman–Crippen LogP) is 4.32. The maximum atomic E-state index is 13.9. The Bertz CT molecular complexity index is 1140. The zero-order valence-electron chi connectivity index (χ0n) is 18.6. The number of amides is 3. The summed E-state index contributed by atoms with van der Waals surface area (Å²) in [7, 11) is 0. The highest BCUT2D eigenvalue weighted by atomic mass is 19.2. The third-order valence-electron chi connectivity index (χ3n) is 5.97. The van der Waals surface area contributed by atoms with Crippen LogP contribution in [0.1, 0.15) is 32.7 Å². The predicted molar refractivity (Wildman–Crippen MR) is 122 cm³/mol. The zero-order chi connectivity index (χ0) is 23.5. The second-order valence-electron chi connectivity index (χ2n) is 8.66. The number of benzene rings is 2. The Hall–Kier alpha value is -3.49. The van der Waals surface area contributed by atoms with Gasteiger partial charge in [-0.3, -0.25) is 4.79 Å². The molecule has 3 amide bonds. The van der Waals surface area contributed by atoms with E-state index in [1.165, 1.54) is 6.33 Å². The molecule has 1 fully saturated rings. The molecule has 4 rings (SSSR count). The van der Waals surface area contributed by atoms with Gasteiger partial charge in [0.1, 0.15) is 6.04 Å². The number of fused-ring (bicyclic) bond motifs is 1. The quantitative estimate of drug-likeness (QED) is 0.601. The lowest BCUT2D eigenvalue weighted by molar-refractivity contribution is -0.137. The van der Waals surface area contributed by atoms with Gasteiger partial charge in [-0.05, 0) is 30.9 Å². The summed E-state index contributed by atoms with van der Waals surface area (Å²) in [6.45, 7) is 4.81. The van der Waals surface area contributed by atoms with Crippen molar-refractivity contribution in [1.29, 1.82) is 0 Å². The van der Waals surface area contributed by atoms with E-state index in [9.17, 15) is 18.4 Å². The molecule has 1 unspecified atom stereocenters. The van der Waals surface area contributed by atoms with Crippen LogP contribution >= 0.6 is 0 Å². The second kappa shape index (κ2) is 9.56. The first-order valence-corrected chi connectivity index (χ1v) is 11.1. The number of urea groups is 1. The highest BCUT2D eigenvalue weighted by Gasteiger charge is 2.32. The monoisotopic (exact) mass is 455 g/mol. The molecule has 1 atom stereocenters. The van der Waals surface area contributed by atoms with E-state index in [0.717, 1.165) is 12.1 Å². The van der Waals surface area contributed by atoms with Crippen molar-refractivity contribution < 1.29 is 18.4 Å². The van der Waals surface area contributed by atoms with Gasteiger partial charge >= 0.3 is 6.03 Å². The highest BCUT2D eigenvalue weighted by molar-refractivity contribution is 5.89. The van der Waals surface area contributed by atoms with Gasteiger partial charge < -0.3 is 20.1 Å². The number of anilines is 1. The Labute approximate surface area is 190 Å². The molecular weight excluding hydrogens is 428 g/mol. The van der Waals surface area contributed by atoms with Crippen LogP contribution in [0.2, 0.25) is 0 Å². The van der Waals surface area contributed by atoms with E-state index in [0.29, 0.717) is 42.7 Å². The fourth-order valence-corrected chi connectivity index (χ4v) is 4.27. The van der Waals surface area contributed by atoms with Crippen molar-refractivity contribution in [2.45, 2.75) is 38.8 Å². The van der Waals surface area contributed by atoms with Crippen molar-refractivity contribution in [3.8, 4) is 0 Å². The number of aromatic nitrogens is 2. The van der Waals surface area contributed by atoms with Gasteiger partial charge in [-0.2, -0.15) is 0 Å². The molecule has 2 aromatic carbocycles. The molecule has 2 N–H and O–H groups in total. The zero-order valence-corrected chi connectivity index (χ0v) is 18.6. The number of halogens is 2. The lowest BCUT2D eigenvalue weighted by Gasteiger charge is -2.36. The van der Waals surface area contributed by atoms with Crippen LogP contribution in [0.5, 0.6) is 0 Å². The topological polar surface area (TPSA) is 79.3 Å². The molecule has 33 heavy (non-hydrogen) atoms. The fourth-order valence-electron chi connectivity index (χ4n) is 4.27. The molecule has 9 heteroatoms. The minimum atomic E-state index is -0.972. The van der Waals surface area contributed by atoms with Gasteiger partial charge in [0, 0.05) is 37.0 Å². The second-order valence-corrected chi connectivity index (χ2v) is 8.66. The molecule has 1 aliphatic heterocycles. The first-order chi connectivity index (χ1) is 15.8. The smallest absolute Gasteiger partial charge is 0.319 e. The molecule has 0 bridgehead atoms. The molecule has 2 heterocycles. The molecule has 7 nitrogen and oxygen atoms in total. The van der Waals surface area contributed by atoms with Gasteiger partial charge in [-0.25, -0.2) is 18.6 Å². The number of carbonyl (C=O) groups excluding carboxylic acids is 2. The van der Waals surface area contributed by atoms with Crippen LogP contribution in [0.15, 0.2) is 48.8 Å². The molecular formula is C24H27F2N5O2. The fraction of sp³-hybridized carbons (Fsp3) is 0.375.